The Bertz CT molecular complexity index is 585. The number of hydrogen-bond acceptors (Lipinski definition) is 4. The molecule has 0 bridgehead atoms. The molecule has 0 saturated heterocycles. The van der Waals surface area contributed by atoms with Crippen molar-refractivity contribution in [3.8, 4) is 11.6 Å². The number of ether oxygens (including phenoxy) is 2. The number of aromatic nitrogens is 1. The number of benzene rings is 1. The zero-order valence-corrected chi connectivity index (χ0v) is 12.8. The van der Waals surface area contributed by atoms with E-state index < -0.39 is 0 Å². The number of methoxy groups -OCH3 is 1. The van der Waals surface area contributed by atoms with Gasteiger partial charge in [-0.2, -0.15) is 0 Å². The van der Waals surface area contributed by atoms with E-state index in [4.69, 9.17) is 9.47 Å². The van der Waals surface area contributed by atoms with Crippen LogP contribution in [-0.4, -0.2) is 18.6 Å². The van der Waals surface area contributed by atoms with Crippen LogP contribution in [0.2, 0.25) is 0 Å². The van der Waals surface area contributed by atoms with E-state index in [0.717, 1.165) is 30.0 Å². The van der Waals surface area contributed by atoms with Gasteiger partial charge in [0.05, 0.1) is 12.7 Å². The molecule has 0 saturated carbocycles. The summed E-state index contributed by atoms with van der Waals surface area (Å²) in [5, 5.41) is 3.34. The van der Waals surface area contributed by atoms with Gasteiger partial charge < -0.3 is 14.8 Å². The maximum absolute atomic E-state index is 6.03. The van der Waals surface area contributed by atoms with E-state index in [1.165, 1.54) is 5.56 Å². The first-order valence-electron chi connectivity index (χ1n) is 7.16. The normalized spacial score (nSPS) is 10.4. The quantitative estimate of drug-likeness (QED) is 0.849. The topological polar surface area (TPSA) is 43.4 Å². The molecule has 0 fully saturated rings. The van der Waals surface area contributed by atoms with Crippen molar-refractivity contribution in [2.45, 2.75) is 27.0 Å². The van der Waals surface area contributed by atoms with Gasteiger partial charge in [0.1, 0.15) is 12.4 Å². The molecular formula is C17H22N2O2. The molecule has 0 atom stereocenters. The van der Waals surface area contributed by atoms with Crippen molar-refractivity contribution in [2.75, 3.05) is 13.7 Å². The molecule has 0 amide bonds. The lowest BCUT2D eigenvalue weighted by Crippen LogP contribution is -2.13. The first-order valence-corrected chi connectivity index (χ1v) is 7.16. The average molecular weight is 286 g/mol. The van der Waals surface area contributed by atoms with Crippen molar-refractivity contribution in [3.63, 3.8) is 0 Å². The summed E-state index contributed by atoms with van der Waals surface area (Å²) < 4.78 is 11.3. The Hall–Kier alpha value is -2.07. The maximum Gasteiger partial charge on any atom is 0.219 e. The van der Waals surface area contributed by atoms with Gasteiger partial charge in [-0.3, -0.25) is 0 Å². The maximum atomic E-state index is 6.03. The number of aryl methyl sites for hydroxylation is 1. The van der Waals surface area contributed by atoms with E-state index in [2.05, 4.69) is 42.3 Å². The van der Waals surface area contributed by atoms with Gasteiger partial charge in [0.15, 0.2) is 0 Å². The van der Waals surface area contributed by atoms with Crippen molar-refractivity contribution in [3.05, 3.63) is 53.2 Å². The molecule has 0 unspecified atom stereocenters. The fourth-order valence-corrected chi connectivity index (χ4v) is 2.19. The van der Waals surface area contributed by atoms with Crippen LogP contribution in [-0.2, 0) is 13.2 Å². The third-order valence-electron chi connectivity index (χ3n) is 3.27. The number of hydrogen-bond donors (Lipinski definition) is 1. The van der Waals surface area contributed by atoms with Crippen LogP contribution in [0.5, 0.6) is 11.6 Å². The van der Waals surface area contributed by atoms with Gasteiger partial charge >= 0.3 is 0 Å². The summed E-state index contributed by atoms with van der Waals surface area (Å²) in [5.41, 5.74) is 3.24. The molecule has 1 heterocycles. The van der Waals surface area contributed by atoms with Crippen LogP contribution in [0.4, 0.5) is 0 Å². The standard InChI is InChI=1S/C17H22N2O2/c1-4-18-11-14-8-5-7-13(2)16(14)21-12-15-9-6-10-19-17(15)20-3/h5-10,18H,4,11-12H2,1-3H3. The zero-order chi connectivity index (χ0) is 15.1. The first kappa shape index (κ1) is 15.3. The molecule has 4 heteroatoms. The summed E-state index contributed by atoms with van der Waals surface area (Å²) in [7, 11) is 1.62. The highest BCUT2D eigenvalue weighted by molar-refractivity contribution is 5.41. The summed E-state index contributed by atoms with van der Waals surface area (Å²) >= 11 is 0. The monoisotopic (exact) mass is 286 g/mol. The van der Waals surface area contributed by atoms with Gasteiger partial charge in [0.2, 0.25) is 5.88 Å². The molecule has 0 radical (unpaired) electrons. The number of nitrogens with one attached hydrogen (secondary N) is 1. The summed E-state index contributed by atoms with van der Waals surface area (Å²) in [4.78, 5) is 4.19. The second kappa shape index (κ2) is 7.64. The van der Waals surface area contributed by atoms with Crippen molar-refractivity contribution < 1.29 is 9.47 Å². The summed E-state index contributed by atoms with van der Waals surface area (Å²) in [6.45, 7) is 6.34. The third-order valence-corrected chi connectivity index (χ3v) is 3.27. The average Bonchev–Trinajstić information content (AvgIpc) is 2.52. The fourth-order valence-electron chi connectivity index (χ4n) is 2.19. The van der Waals surface area contributed by atoms with E-state index in [9.17, 15) is 0 Å². The Morgan fingerprint density at radius 2 is 1.95 bits per heavy atom. The predicted octanol–water partition coefficient (Wildman–Crippen LogP) is 3.09. The Morgan fingerprint density at radius 1 is 1.14 bits per heavy atom. The Kier molecular flexibility index (Phi) is 5.58. The molecule has 0 spiro atoms. The van der Waals surface area contributed by atoms with Crippen molar-refractivity contribution >= 4 is 0 Å². The number of pyridine rings is 1. The molecular weight excluding hydrogens is 264 g/mol. The molecule has 2 aromatic rings. The Balaban J connectivity index is 2.15. The van der Waals surface area contributed by atoms with Gasteiger partial charge in [-0.25, -0.2) is 4.98 Å². The molecule has 0 aliphatic rings. The minimum atomic E-state index is 0.445. The van der Waals surface area contributed by atoms with E-state index in [1.54, 1.807) is 13.3 Å². The lowest BCUT2D eigenvalue weighted by atomic mass is 10.1. The molecule has 2 rings (SSSR count). The van der Waals surface area contributed by atoms with Gasteiger partial charge in [0.25, 0.3) is 0 Å². The van der Waals surface area contributed by atoms with E-state index in [-0.39, 0.29) is 0 Å². The minimum Gasteiger partial charge on any atom is -0.488 e. The van der Waals surface area contributed by atoms with Crippen LogP contribution < -0.4 is 14.8 Å². The Morgan fingerprint density at radius 3 is 2.71 bits per heavy atom. The predicted molar refractivity (Wildman–Crippen MR) is 83.7 cm³/mol. The highest BCUT2D eigenvalue weighted by atomic mass is 16.5. The fraction of sp³-hybridized carbons (Fsp3) is 0.353. The molecule has 4 nitrogen and oxygen atoms in total. The van der Waals surface area contributed by atoms with Crippen molar-refractivity contribution in [2.24, 2.45) is 0 Å². The second-order valence-corrected chi connectivity index (χ2v) is 4.80. The number of para-hydroxylation sites is 1. The van der Waals surface area contributed by atoms with Gasteiger partial charge in [-0.15, -0.1) is 0 Å². The van der Waals surface area contributed by atoms with Crippen LogP contribution in [0.1, 0.15) is 23.6 Å². The number of nitrogens with zero attached hydrogens (tertiary/aromatic N) is 1. The van der Waals surface area contributed by atoms with Gasteiger partial charge in [-0.05, 0) is 31.2 Å². The molecule has 112 valence electrons. The smallest absolute Gasteiger partial charge is 0.219 e. The van der Waals surface area contributed by atoms with E-state index >= 15 is 0 Å². The molecule has 21 heavy (non-hydrogen) atoms. The van der Waals surface area contributed by atoms with Gasteiger partial charge in [-0.1, -0.05) is 25.1 Å². The largest absolute Gasteiger partial charge is 0.488 e. The first-order chi connectivity index (χ1) is 10.3. The second-order valence-electron chi connectivity index (χ2n) is 4.80. The minimum absolute atomic E-state index is 0.445. The highest BCUT2D eigenvalue weighted by Gasteiger charge is 2.09. The van der Waals surface area contributed by atoms with Crippen LogP contribution in [0.3, 0.4) is 0 Å². The summed E-state index contributed by atoms with van der Waals surface area (Å²) in [5.74, 6) is 1.55. The van der Waals surface area contributed by atoms with Crippen LogP contribution >= 0.6 is 0 Å². The lowest BCUT2D eigenvalue weighted by Gasteiger charge is -2.15. The van der Waals surface area contributed by atoms with Crippen molar-refractivity contribution in [1.29, 1.82) is 0 Å². The van der Waals surface area contributed by atoms with Crippen LogP contribution in [0, 0.1) is 6.92 Å². The Labute approximate surface area is 126 Å². The highest BCUT2D eigenvalue weighted by Crippen LogP contribution is 2.25. The van der Waals surface area contributed by atoms with Crippen molar-refractivity contribution in [1.82, 2.24) is 10.3 Å². The summed E-state index contributed by atoms with van der Waals surface area (Å²) in [6.07, 6.45) is 1.71. The molecule has 1 aromatic heterocycles. The van der Waals surface area contributed by atoms with E-state index in [1.807, 2.05) is 12.1 Å². The molecule has 1 N–H and O–H groups in total. The SMILES string of the molecule is CCNCc1cccc(C)c1OCc1cccnc1OC. The molecule has 0 aliphatic heterocycles. The lowest BCUT2D eigenvalue weighted by molar-refractivity contribution is 0.288. The zero-order valence-electron chi connectivity index (χ0n) is 12.8. The third kappa shape index (κ3) is 3.95. The van der Waals surface area contributed by atoms with Crippen LogP contribution in [0.15, 0.2) is 36.5 Å². The molecule has 0 aliphatic carbocycles. The van der Waals surface area contributed by atoms with Gasteiger partial charge in [0, 0.05) is 18.3 Å². The number of rotatable bonds is 7. The summed E-state index contributed by atoms with van der Waals surface area (Å²) in [6, 6.07) is 10.1. The molecule has 1 aromatic carbocycles. The van der Waals surface area contributed by atoms with E-state index in [0.29, 0.717) is 12.5 Å². The van der Waals surface area contributed by atoms with Crippen LogP contribution in [0.25, 0.3) is 0 Å².